The Kier molecular flexibility index (Phi) is 5.82. The molecule has 0 bridgehead atoms. The van der Waals surface area contributed by atoms with Crippen LogP contribution in [0.25, 0.3) is 0 Å². The maximum absolute atomic E-state index is 13.0. The molecule has 0 unspecified atom stereocenters. The molecule has 1 saturated heterocycles. The molecule has 26 heavy (non-hydrogen) atoms. The Morgan fingerprint density at radius 1 is 1.12 bits per heavy atom. The van der Waals surface area contributed by atoms with Crippen molar-refractivity contribution >= 4 is 21.6 Å². The van der Waals surface area contributed by atoms with Gasteiger partial charge in [0.2, 0.25) is 15.9 Å². The molecular weight excluding hydrogens is 357 g/mol. The van der Waals surface area contributed by atoms with E-state index in [1.54, 1.807) is 17.0 Å². The second kappa shape index (κ2) is 7.92. The van der Waals surface area contributed by atoms with Crippen molar-refractivity contribution in [1.29, 1.82) is 0 Å². The average molecular weight is 383 g/mol. The first-order chi connectivity index (χ1) is 12.3. The smallest absolute Gasteiger partial charge is 0.238 e. The van der Waals surface area contributed by atoms with Crippen LogP contribution in [0.1, 0.15) is 25.7 Å². The molecule has 3 rings (SSSR count). The lowest BCUT2D eigenvalue weighted by molar-refractivity contribution is -0.132. The van der Waals surface area contributed by atoms with Crippen LogP contribution in [0.3, 0.4) is 0 Å². The average Bonchev–Trinajstić information content (AvgIpc) is 3.13. The van der Waals surface area contributed by atoms with Crippen LogP contribution in [-0.4, -0.2) is 68.6 Å². The number of hydrogen-bond acceptors (Lipinski definition) is 4. The molecule has 6 nitrogen and oxygen atoms in total. The molecule has 2 aliphatic rings. The van der Waals surface area contributed by atoms with Crippen molar-refractivity contribution < 1.29 is 17.6 Å². The zero-order chi connectivity index (χ0) is 18.7. The third-order valence-corrected chi connectivity index (χ3v) is 6.55. The zero-order valence-corrected chi connectivity index (χ0v) is 15.9. The largest absolute Gasteiger partial charge is 0.368 e. The second-order valence-electron chi connectivity index (χ2n) is 7.09. The maximum Gasteiger partial charge on any atom is 0.238 e. The Bertz CT molecular complexity index is 725. The summed E-state index contributed by atoms with van der Waals surface area (Å²) in [6.45, 7) is 2.32. The van der Waals surface area contributed by atoms with E-state index in [0.29, 0.717) is 26.2 Å². The van der Waals surface area contributed by atoms with Gasteiger partial charge in [-0.05, 0) is 37.1 Å². The van der Waals surface area contributed by atoms with Crippen molar-refractivity contribution in [1.82, 2.24) is 9.21 Å². The minimum Gasteiger partial charge on any atom is -0.368 e. The number of sulfonamides is 1. The van der Waals surface area contributed by atoms with E-state index in [1.807, 2.05) is 0 Å². The van der Waals surface area contributed by atoms with E-state index < -0.39 is 10.0 Å². The lowest BCUT2D eigenvalue weighted by atomic mass is 10.2. The van der Waals surface area contributed by atoms with Crippen LogP contribution < -0.4 is 4.90 Å². The Labute approximate surface area is 154 Å². The van der Waals surface area contributed by atoms with Gasteiger partial charge in [-0.25, -0.2) is 12.8 Å². The first kappa shape index (κ1) is 19.1. The van der Waals surface area contributed by atoms with Gasteiger partial charge in [-0.3, -0.25) is 4.79 Å². The van der Waals surface area contributed by atoms with Crippen molar-refractivity contribution in [2.45, 2.75) is 31.7 Å². The van der Waals surface area contributed by atoms with Gasteiger partial charge < -0.3 is 9.80 Å². The summed E-state index contributed by atoms with van der Waals surface area (Å²) in [6, 6.07) is 6.28. The fourth-order valence-corrected chi connectivity index (χ4v) is 4.91. The van der Waals surface area contributed by atoms with Gasteiger partial charge in [0.15, 0.2) is 0 Å². The number of anilines is 1. The van der Waals surface area contributed by atoms with E-state index in [1.165, 1.54) is 22.7 Å². The van der Waals surface area contributed by atoms with Gasteiger partial charge >= 0.3 is 0 Å². The molecular formula is C18H26FN3O3S. The molecule has 1 aliphatic heterocycles. The van der Waals surface area contributed by atoms with Gasteiger partial charge in [0.25, 0.3) is 0 Å². The molecule has 2 fully saturated rings. The van der Waals surface area contributed by atoms with Crippen molar-refractivity contribution in [3.8, 4) is 0 Å². The lowest BCUT2D eigenvalue weighted by Crippen LogP contribution is -2.52. The van der Waals surface area contributed by atoms with Crippen LogP contribution in [0.5, 0.6) is 0 Å². The molecule has 0 N–H and O–H groups in total. The molecule has 0 radical (unpaired) electrons. The number of halogens is 1. The molecule has 0 spiro atoms. The number of nitrogens with zero attached hydrogens (tertiary/aromatic N) is 3. The molecule has 144 valence electrons. The van der Waals surface area contributed by atoms with Gasteiger partial charge in [0.05, 0.1) is 12.8 Å². The summed E-state index contributed by atoms with van der Waals surface area (Å²) in [7, 11) is -3.40. The van der Waals surface area contributed by atoms with Crippen LogP contribution in [0.4, 0.5) is 10.1 Å². The van der Waals surface area contributed by atoms with Crippen molar-refractivity contribution in [2.75, 3.05) is 43.9 Å². The Morgan fingerprint density at radius 3 is 2.23 bits per heavy atom. The normalized spacial score (nSPS) is 19.3. The number of carbonyl (C=O) groups is 1. The highest BCUT2D eigenvalue weighted by Gasteiger charge is 2.32. The van der Waals surface area contributed by atoms with E-state index in [2.05, 4.69) is 4.90 Å². The first-order valence-corrected chi connectivity index (χ1v) is 10.9. The predicted molar refractivity (Wildman–Crippen MR) is 99.0 cm³/mol. The number of hydrogen-bond donors (Lipinski definition) is 0. The molecule has 0 atom stereocenters. The number of carbonyl (C=O) groups excluding carboxylic acids is 1. The molecule has 1 aliphatic carbocycles. The van der Waals surface area contributed by atoms with Crippen molar-refractivity contribution in [2.24, 2.45) is 0 Å². The fraction of sp³-hybridized carbons (Fsp3) is 0.611. The van der Waals surface area contributed by atoms with Crippen LogP contribution >= 0.6 is 0 Å². The molecule has 0 aromatic heterocycles. The third-order valence-electron chi connectivity index (χ3n) is 5.27. The van der Waals surface area contributed by atoms with E-state index in [4.69, 9.17) is 0 Å². The molecule has 1 saturated carbocycles. The maximum atomic E-state index is 13.0. The SMILES string of the molecule is CS(=O)(=O)N(CC(=O)N1CCN(c2ccc(F)cc2)CC1)C1CCCC1. The monoisotopic (exact) mass is 383 g/mol. The van der Waals surface area contributed by atoms with Gasteiger partial charge in [-0.1, -0.05) is 12.8 Å². The Morgan fingerprint density at radius 2 is 1.69 bits per heavy atom. The van der Waals surface area contributed by atoms with Gasteiger partial charge in [-0.15, -0.1) is 0 Å². The topological polar surface area (TPSA) is 60.9 Å². The third kappa shape index (κ3) is 4.54. The minimum atomic E-state index is -3.40. The summed E-state index contributed by atoms with van der Waals surface area (Å²) in [5, 5.41) is 0. The summed E-state index contributed by atoms with van der Waals surface area (Å²) >= 11 is 0. The number of benzene rings is 1. The fourth-order valence-electron chi connectivity index (χ4n) is 3.81. The highest BCUT2D eigenvalue weighted by Crippen LogP contribution is 2.25. The standard InChI is InChI=1S/C18H26FN3O3S/c1-26(24,25)22(17-4-2-3-5-17)14-18(23)21-12-10-20(11-13-21)16-8-6-15(19)7-9-16/h6-9,17H,2-5,10-14H2,1H3. The molecule has 1 amide bonds. The van der Waals surface area contributed by atoms with Crippen LogP contribution in [0.15, 0.2) is 24.3 Å². The quantitative estimate of drug-likeness (QED) is 0.776. The molecule has 1 aromatic rings. The summed E-state index contributed by atoms with van der Waals surface area (Å²) in [6.07, 6.45) is 4.88. The minimum absolute atomic E-state index is 0.0468. The van der Waals surface area contributed by atoms with E-state index in [0.717, 1.165) is 31.4 Å². The number of piperazine rings is 1. The highest BCUT2D eigenvalue weighted by atomic mass is 32.2. The number of rotatable bonds is 5. The van der Waals surface area contributed by atoms with E-state index in [9.17, 15) is 17.6 Å². The van der Waals surface area contributed by atoms with E-state index in [-0.39, 0.29) is 24.3 Å². The van der Waals surface area contributed by atoms with Gasteiger partial charge in [0.1, 0.15) is 5.82 Å². The van der Waals surface area contributed by atoms with Crippen LogP contribution in [-0.2, 0) is 14.8 Å². The van der Waals surface area contributed by atoms with Crippen LogP contribution in [0, 0.1) is 5.82 Å². The van der Waals surface area contributed by atoms with Crippen LogP contribution in [0.2, 0.25) is 0 Å². The zero-order valence-electron chi connectivity index (χ0n) is 15.1. The highest BCUT2D eigenvalue weighted by molar-refractivity contribution is 7.88. The Balaban J connectivity index is 1.58. The van der Waals surface area contributed by atoms with Gasteiger partial charge in [0, 0.05) is 37.9 Å². The summed E-state index contributed by atoms with van der Waals surface area (Å²) < 4.78 is 38.7. The Hall–Kier alpha value is -1.67. The number of amides is 1. The predicted octanol–water partition coefficient (Wildman–Crippen LogP) is 1.68. The van der Waals surface area contributed by atoms with Crippen molar-refractivity contribution in [3.63, 3.8) is 0 Å². The molecule has 1 heterocycles. The summed E-state index contributed by atoms with van der Waals surface area (Å²) in [5.74, 6) is -0.406. The van der Waals surface area contributed by atoms with E-state index >= 15 is 0 Å². The summed E-state index contributed by atoms with van der Waals surface area (Å²) in [4.78, 5) is 16.5. The van der Waals surface area contributed by atoms with Gasteiger partial charge in [-0.2, -0.15) is 4.31 Å². The molecule has 8 heteroatoms. The molecule has 1 aromatic carbocycles. The summed E-state index contributed by atoms with van der Waals surface area (Å²) in [5.41, 5.74) is 0.933. The first-order valence-electron chi connectivity index (χ1n) is 9.10. The lowest BCUT2D eigenvalue weighted by Gasteiger charge is -2.37. The van der Waals surface area contributed by atoms with Crippen molar-refractivity contribution in [3.05, 3.63) is 30.1 Å². The second-order valence-corrected chi connectivity index (χ2v) is 9.03.